The first-order valence-electron chi connectivity index (χ1n) is 10.3. The second-order valence-electron chi connectivity index (χ2n) is 8.75. The Hall–Kier alpha value is -3.48. The third kappa shape index (κ3) is 2.58. The molecule has 3 heterocycles. The minimum absolute atomic E-state index is 0.104. The predicted molar refractivity (Wildman–Crippen MR) is 112 cm³/mol. The fourth-order valence-corrected chi connectivity index (χ4v) is 5.42. The van der Waals surface area contributed by atoms with E-state index in [1.54, 1.807) is 6.33 Å². The number of rotatable bonds is 3. The average molecular weight is 399 g/mol. The van der Waals surface area contributed by atoms with Crippen molar-refractivity contribution in [3.8, 4) is 0 Å². The number of nitrogens with one attached hydrogen (secondary N) is 2. The summed E-state index contributed by atoms with van der Waals surface area (Å²) in [6, 6.07) is 13.6. The minimum atomic E-state index is -0.137. The van der Waals surface area contributed by atoms with Crippen LogP contribution in [0, 0.1) is 5.41 Å². The van der Waals surface area contributed by atoms with E-state index in [1.165, 1.54) is 0 Å². The summed E-state index contributed by atoms with van der Waals surface area (Å²) in [5, 5.41) is 11.8. The van der Waals surface area contributed by atoms with Gasteiger partial charge in [-0.1, -0.05) is 24.3 Å². The number of aromatic nitrogens is 4. The van der Waals surface area contributed by atoms with E-state index in [2.05, 4.69) is 20.5 Å². The monoisotopic (exact) mass is 399 g/mol. The van der Waals surface area contributed by atoms with Crippen molar-refractivity contribution >= 4 is 22.2 Å². The number of hydrogen-bond acceptors (Lipinski definition) is 4. The zero-order chi connectivity index (χ0) is 20.3. The first-order chi connectivity index (χ1) is 14.6. The number of fused-ring (bicyclic) bond motifs is 2. The molecule has 2 saturated carbocycles. The molecule has 30 heavy (non-hydrogen) atoms. The van der Waals surface area contributed by atoms with Gasteiger partial charge in [-0.2, -0.15) is 5.10 Å². The first-order valence-corrected chi connectivity index (χ1v) is 10.3. The Morgan fingerprint density at radius 3 is 2.67 bits per heavy atom. The number of carbonyl (C=O) groups is 1. The van der Waals surface area contributed by atoms with Gasteiger partial charge in [0.25, 0.3) is 11.5 Å². The van der Waals surface area contributed by atoms with Crippen LogP contribution in [0.3, 0.4) is 0 Å². The van der Waals surface area contributed by atoms with Crippen LogP contribution in [0.15, 0.2) is 59.8 Å². The normalized spacial score (nSPS) is 25.2. The van der Waals surface area contributed by atoms with Crippen LogP contribution in [0.2, 0.25) is 0 Å². The third-order valence-electron chi connectivity index (χ3n) is 6.82. The van der Waals surface area contributed by atoms with Crippen molar-refractivity contribution in [2.24, 2.45) is 5.41 Å². The molecular weight excluding hydrogens is 378 g/mol. The van der Waals surface area contributed by atoms with Crippen LogP contribution in [0.25, 0.3) is 16.3 Å². The maximum atomic E-state index is 12.7. The average Bonchev–Trinajstić information content (AvgIpc) is 3.14. The molecule has 7 nitrogen and oxygen atoms in total. The minimum Gasteiger partial charge on any atom is -0.348 e. The van der Waals surface area contributed by atoms with E-state index in [9.17, 15) is 9.59 Å². The van der Waals surface area contributed by atoms with Gasteiger partial charge in [0.2, 0.25) is 0 Å². The van der Waals surface area contributed by atoms with E-state index in [0.29, 0.717) is 17.0 Å². The molecule has 150 valence electrons. The molecule has 7 heteroatoms. The summed E-state index contributed by atoms with van der Waals surface area (Å²) in [5.74, 6) is 0.258. The Morgan fingerprint density at radius 2 is 1.83 bits per heavy atom. The van der Waals surface area contributed by atoms with Crippen LogP contribution in [0.1, 0.15) is 47.8 Å². The van der Waals surface area contributed by atoms with Crippen LogP contribution in [-0.2, 0) is 0 Å². The second-order valence-corrected chi connectivity index (χ2v) is 8.75. The van der Waals surface area contributed by atoms with Gasteiger partial charge in [0.15, 0.2) is 5.69 Å². The highest BCUT2D eigenvalue weighted by atomic mass is 16.2. The molecule has 0 atom stereocenters. The topological polar surface area (TPSA) is 92.1 Å². The van der Waals surface area contributed by atoms with Crippen molar-refractivity contribution in [2.45, 2.75) is 37.6 Å². The molecule has 0 radical (unpaired) electrons. The van der Waals surface area contributed by atoms with Gasteiger partial charge in [-0.25, -0.2) is 10.1 Å². The molecule has 3 aromatic heterocycles. The molecule has 1 spiro atoms. The third-order valence-corrected chi connectivity index (χ3v) is 6.82. The highest BCUT2D eigenvalue weighted by Gasteiger charge is 2.54. The second kappa shape index (κ2) is 6.26. The van der Waals surface area contributed by atoms with Gasteiger partial charge < -0.3 is 9.72 Å². The number of pyridine rings is 1. The molecular formula is C23H21N5O2. The molecule has 2 aliphatic carbocycles. The van der Waals surface area contributed by atoms with Crippen LogP contribution >= 0.6 is 0 Å². The lowest BCUT2D eigenvalue weighted by atomic mass is 9.49. The van der Waals surface area contributed by atoms with Crippen LogP contribution in [-0.4, -0.2) is 31.5 Å². The summed E-state index contributed by atoms with van der Waals surface area (Å²) in [7, 11) is 0. The maximum Gasteiger partial charge on any atom is 0.272 e. The summed E-state index contributed by atoms with van der Waals surface area (Å²) in [5.41, 5.74) is 2.45. The molecule has 0 bridgehead atoms. The molecule has 4 aromatic rings. The van der Waals surface area contributed by atoms with Gasteiger partial charge in [-0.05, 0) is 49.3 Å². The highest BCUT2D eigenvalue weighted by Crippen LogP contribution is 2.62. The summed E-state index contributed by atoms with van der Waals surface area (Å²) >= 11 is 0. The molecule has 2 fully saturated rings. The quantitative estimate of drug-likeness (QED) is 0.554. The number of aromatic amines is 1. The highest BCUT2D eigenvalue weighted by molar-refractivity contribution is 5.99. The fraction of sp³-hybridized carbons (Fsp3) is 0.304. The molecule has 1 aromatic carbocycles. The Bertz CT molecular complexity index is 1340. The van der Waals surface area contributed by atoms with Crippen molar-refractivity contribution in [1.29, 1.82) is 0 Å². The van der Waals surface area contributed by atoms with Crippen LogP contribution in [0.5, 0.6) is 0 Å². The van der Waals surface area contributed by atoms with Gasteiger partial charge in [0.1, 0.15) is 6.33 Å². The molecule has 0 unspecified atom stereocenters. The van der Waals surface area contributed by atoms with Gasteiger partial charge in [-0.3, -0.25) is 9.59 Å². The van der Waals surface area contributed by atoms with Crippen molar-refractivity contribution < 1.29 is 4.79 Å². The molecule has 0 aliphatic heterocycles. The number of imidazole rings is 1. The molecule has 0 saturated heterocycles. The molecule has 1 amide bonds. The van der Waals surface area contributed by atoms with E-state index in [1.807, 2.05) is 53.1 Å². The number of benzene rings is 1. The van der Waals surface area contributed by atoms with Gasteiger partial charge >= 0.3 is 0 Å². The molecule has 2 aliphatic rings. The van der Waals surface area contributed by atoms with E-state index >= 15 is 0 Å². The lowest BCUT2D eigenvalue weighted by Gasteiger charge is -2.57. The fourth-order valence-electron chi connectivity index (χ4n) is 5.42. The van der Waals surface area contributed by atoms with Crippen LogP contribution in [0.4, 0.5) is 0 Å². The Balaban J connectivity index is 1.12. The Labute approximate surface area is 172 Å². The lowest BCUT2D eigenvalue weighted by Crippen LogP contribution is -2.55. The van der Waals surface area contributed by atoms with Crippen molar-refractivity contribution in [2.75, 3.05) is 0 Å². The number of H-pyrrole nitrogens is 1. The summed E-state index contributed by atoms with van der Waals surface area (Å²) in [6.45, 7) is 0. The maximum absolute atomic E-state index is 12.7. The number of nitrogens with zero attached hydrogens (tertiary/aromatic N) is 3. The zero-order valence-electron chi connectivity index (χ0n) is 16.3. The summed E-state index contributed by atoms with van der Waals surface area (Å²) in [4.78, 5) is 29.0. The summed E-state index contributed by atoms with van der Waals surface area (Å²) in [6.07, 6.45) is 7.64. The predicted octanol–water partition coefficient (Wildman–Crippen LogP) is 3.03. The van der Waals surface area contributed by atoms with Crippen molar-refractivity contribution in [3.63, 3.8) is 0 Å². The van der Waals surface area contributed by atoms with E-state index in [0.717, 1.165) is 42.3 Å². The van der Waals surface area contributed by atoms with E-state index in [4.69, 9.17) is 0 Å². The lowest BCUT2D eigenvalue weighted by molar-refractivity contribution is -0.0196. The number of hydrogen-bond donors (Lipinski definition) is 2. The first kappa shape index (κ1) is 17.4. The Morgan fingerprint density at radius 1 is 1.07 bits per heavy atom. The van der Waals surface area contributed by atoms with E-state index < -0.39 is 0 Å². The molecule has 6 rings (SSSR count). The zero-order valence-corrected chi connectivity index (χ0v) is 16.3. The van der Waals surface area contributed by atoms with Gasteiger partial charge in [-0.15, -0.1) is 0 Å². The number of amides is 1. The van der Waals surface area contributed by atoms with E-state index in [-0.39, 0.29) is 22.9 Å². The van der Waals surface area contributed by atoms with Gasteiger partial charge in [0.05, 0.1) is 16.6 Å². The van der Waals surface area contributed by atoms with Crippen LogP contribution < -0.4 is 10.9 Å². The largest absolute Gasteiger partial charge is 0.348 e. The van der Waals surface area contributed by atoms with Gasteiger partial charge in [0, 0.05) is 23.5 Å². The van der Waals surface area contributed by atoms with Crippen molar-refractivity contribution in [1.82, 2.24) is 24.9 Å². The van der Waals surface area contributed by atoms with Crippen molar-refractivity contribution in [3.05, 3.63) is 76.7 Å². The standard InChI is InChI=1S/C23H21N5O2/c29-21-17-6-2-1-5-16(17)19(26-27-21)14-9-23(10-14)11-15(12-23)25-22(30)20-18-7-3-4-8-28(18)13-24-20/h1-8,13-15H,9-12H2,(H,25,30)(H,27,29)/t14-,15-,23?. The number of carbonyl (C=O) groups excluding carboxylic acids is 1. The smallest absolute Gasteiger partial charge is 0.272 e. The SMILES string of the molecule is O=C(N[C@H]1CC2(C1)C[C@H](c1n[nH]c(=O)c3ccccc31)C2)c1ncn2ccccc12. The molecule has 2 N–H and O–H groups in total. The Kier molecular flexibility index (Phi) is 3.63. The summed E-state index contributed by atoms with van der Waals surface area (Å²) < 4.78 is 1.86.